The highest BCUT2D eigenvalue weighted by atomic mass is 28.4. The number of terminal acetylenes is 1. The summed E-state index contributed by atoms with van der Waals surface area (Å²) in [5, 5.41) is 2.60. The first-order valence-corrected chi connectivity index (χ1v) is 14.5. The largest absolute Gasteiger partial charge is 0.407 e. The van der Waals surface area contributed by atoms with Gasteiger partial charge in [-0.2, -0.15) is 0 Å². The molecule has 0 aliphatic carbocycles. The maximum Gasteiger partial charge on any atom is 0.261 e. The van der Waals surface area contributed by atoms with Crippen LogP contribution in [0.25, 0.3) is 0 Å². The van der Waals surface area contributed by atoms with Gasteiger partial charge in [-0.1, -0.05) is 106 Å². The Balaban J connectivity index is 1.68. The van der Waals surface area contributed by atoms with Crippen LogP contribution in [0.5, 0.6) is 0 Å². The van der Waals surface area contributed by atoms with Gasteiger partial charge in [0, 0.05) is 6.61 Å². The second-order valence-electron chi connectivity index (χ2n) is 10.5. The van der Waals surface area contributed by atoms with Crippen molar-refractivity contribution < 1.29 is 13.9 Å². The molecule has 2 aromatic rings. The molecule has 1 aliphatic rings. The standard InChI is InChI=1S/C31H40O3Si/c1-7-8-12-23-28-29(34-31(5,6)33-28)24-17-11-18-25-32-35(30(2,3)4,26-19-13-9-14-20-26)27-21-15-10-16-22-27/h1,8-17,19-22,28-29H,18,23-25H2,2-6H3/b12-8-,17-11-/t28-,29-/m0/s1. The zero-order valence-electron chi connectivity index (χ0n) is 21.9. The van der Waals surface area contributed by atoms with Crippen molar-refractivity contribution in [3.05, 3.63) is 85.0 Å². The highest BCUT2D eigenvalue weighted by Gasteiger charge is 2.49. The second-order valence-corrected chi connectivity index (χ2v) is 14.8. The predicted molar refractivity (Wildman–Crippen MR) is 148 cm³/mol. The Labute approximate surface area is 213 Å². The van der Waals surface area contributed by atoms with Gasteiger partial charge in [-0.15, -0.1) is 6.42 Å². The number of rotatable bonds is 10. The van der Waals surface area contributed by atoms with Gasteiger partial charge < -0.3 is 13.9 Å². The first kappa shape index (κ1) is 27.2. The van der Waals surface area contributed by atoms with E-state index in [0.717, 1.165) is 19.3 Å². The monoisotopic (exact) mass is 488 g/mol. The normalized spacial score (nSPS) is 20.5. The molecular formula is C31H40O3Si. The fourth-order valence-electron chi connectivity index (χ4n) is 4.97. The Morgan fingerprint density at radius 2 is 1.40 bits per heavy atom. The minimum atomic E-state index is -2.49. The summed E-state index contributed by atoms with van der Waals surface area (Å²) in [7, 11) is -2.49. The molecule has 3 nitrogen and oxygen atoms in total. The molecule has 0 aromatic heterocycles. The SMILES string of the molecule is C#C/C=C\C[C@@H]1OC(C)(C)O[C@H]1C/C=C\CCO[Si](c1ccccc1)(c1ccccc1)C(C)(C)C. The maximum atomic E-state index is 6.96. The molecule has 0 bridgehead atoms. The van der Waals surface area contributed by atoms with Crippen molar-refractivity contribution in [1.82, 2.24) is 0 Å². The van der Waals surface area contributed by atoms with E-state index in [-0.39, 0.29) is 17.2 Å². The quantitative estimate of drug-likeness (QED) is 0.178. The summed E-state index contributed by atoms with van der Waals surface area (Å²) >= 11 is 0. The van der Waals surface area contributed by atoms with E-state index in [9.17, 15) is 0 Å². The molecule has 1 heterocycles. The van der Waals surface area contributed by atoms with Gasteiger partial charge in [0.05, 0.1) is 12.2 Å². The van der Waals surface area contributed by atoms with Crippen LogP contribution < -0.4 is 10.4 Å². The molecule has 0 unspecified atom stereocenters. The van der Waals surface area contributed by atoms with Crippen LogP contribution in [-0.2, 0) is 13.9 Å². The summed E-state index contributed by atoms with van der Waals surface area (Å²) in [6, 6.07) is 21.6. The number of allylic oxidation sites excluding steroid dienone is 1. The lowest BCUT2D eigenvalue weighted by Crippen LogP contribution is -2.66. The smallest absolute Gasteiger partial charge is 0.261 e. The summed E-state index contributed by atoms with van der Waals surface area (Å²) in [6.45, 7) is 11.5. The molecule has 3 rings (SSSR count). The van der Waals surface area contributed by atoms with Gasteiger partial charge >= 0.3 is 0 Å². The molecule has 2 aromatic carbocycles. The fraction of sp³-hybridized carbons (Fsp3) is 0.419. The molecule has 4 heteroatoms. The van der Waals surface area contributed by atoms with E-state index in [2.05, 4.69) is 99.5 Å². The number of hydrogen-bond donors (Lipinski definition) is 0. The molecule has 0 N–H and O–H groups in total. The second kappa shape index (κ2) is 12.0. The average molecular weight is 489 g/mol. The van der Waals surface area contributed by atoms with Crippen molar-refractivity contribution in [2.45, 2.75) is 76.9 Å². The average Bonchev–Trinajstić information content (AvgIpc) is 3.12. The van der Waals surface area contributed by atoms with Gasteiger partial charge in [-0.05, 0) is 54.6 Å². The van der Waals surface area contributed by atoms with E-state index in [0.29, 0.717) is 6.61 Å². The third-order valence-corrected chi connectivity index (χ3v) is 11.5. The van der Waals surface area contributed by atoms with E-state index in [1.54, 1.807) is 6.08 Å². The lowest BCUT2D eigenvalue weighted by Gasteiger charge is -2.43. The zero-order chi connectivity index (χ0) is 25.4. The molecular weight excluding hydrogens is 448 g/mol. The van der Waals surface area contributed by atoms with Gasteiger partial charge in [0.2, 0.25) is 0 Å². The Hall–Kier alpha value is -2.42. The molecule has 0 saturated carbocycles. The minimum Gasteiger partial charge on any atom is -0.407 e. The van der Waals surface area contributed by atoms with Crippen LogP contribution in [0.3, 0.4) is 0 Å². The number of ether oxygens (including phenoxy) is 2. The highest BCUT2D eigenvalue weighted by Crippen LogP contribution is 2.37. The van der Waals surface area contributed by atoms with Crippen LogP contribution in [0.2, 0.25) is 5.04 Å². The van der Waals surface area contributed by atoms with Crippen LogP contribution in [-0.4, -0.2) is 32.9 Å². The summed E-state index contributed by atoms with van der Waals surface area (Å²) in [6.07, 6.45) is 15.9. The summed E-state index contributed by atoms with van der Waals surface area (Å²) < 4.78 is 19.2. The van der Waals surface area contributed by atoms with Crippen LogP contribution in [0.1, 0.15) is 53.9 Å². The van der Waals surface area contributed by atoms with Crippen molar-refractivity contribution in [1.29, 1.82) is 0 Å². The number of benzene rings is 2. The molecule has 186 valence electrons. The molecule has 0 spiro atoms. The highest BCUT2D eigenvalue weighted by molar-refractivity contribution is 6.99. The zero-order valence-corrected chi connectivity index (χ0v) is 22.9. The molecule has 1 saturated heterocycles. The summed E-state index contributed by atoms with van der Waals surface area (Å²) in [4.78, 5) is 0. The Morgan fingerprint density at radius 1 is 0.886 bits per heavy atom. The van der Waals surface area contributed by atoms with Crippen molar-refractivity contribution in [2.75, 3.05) is 6.61 Å². The van der Waals surface area contributed by atoms with Crippen molar-refractivity contribution >= 4 is 18.7 Å². The Bertz CT molecular complexity index is 973. The predicted octanol–water partition coefficient (Wildman–Crippen LogP) is 6.00. The van der Waals surface area contributed by atoms with Gasteiger partial charge in [0.1, 0.15) is 0 Å². The van der Waals surface area contributed by atoms with E-state index in [1.807, 2.05) is 19.9 Å². The van der Waals surface area contributed by atoms with Crippen LogP contribution >= 0.6 is 0 Å². The van der Waals surface area contributed by atoms with Gasteiger partial charge in [0.25, 0.3) is 8.32 Å². The summed E-state index contributed by atoms with van der Waals surface area (Å²) in [5.74, 6) is 1.97. The van der Waals surface area contributed by atoms with Gasteiger partial charge in [-0.25, -0.2) is 0 Å². The first-order valence-electron chi connectivity index (χ1n) is 12.6. The maximum absolute atomic E-state index is 6.96. The van der Waals surface area contributed by atoms with Crippen LogP contribution in [0, 0.1) is 12.3 Å². The molecule has 0 radical (unpaired) electrons. The lowest BCUT2D eigenvalue weighted by molar-refractivity contribution is -0.145. The summed E-state index contributed by atoms with van der Waals surface area (Å²) in [5.41, 5.74) is 0. The molecule has 2 atom stereocenters. The topological polar surface area (TPSA) is 27.7 Å². The molecule has 35 heavy (non-hydrogen) atoms. The molecule has 0 amide bonds. The third-order valence-electron chi connectivity index (χ3n) is 6.42. The minimum absolute atomic E-state index is 0.00705. The van der Waals surface area contributed by atoms with E-state index in [1.165, 1.54) is 10.4 Å². The third kappa shape index (κ3) is 6.83. The van der Waals surface area contributed by atoms with E-state index >= 15 is 0 Å². The van der Waals surface area contributed by atoms with E-state index in [4.69, 9.17) is 20.3 Å². The first-order chi connectivity index (χ1) is 16.7. The number of hydrogen-bond acceptors (Lipinski definition) is 3. The van der Waals surface area contributed by atoms with Crippen LogP contribution in [0.4, 0.5) is 0 Å². The van der Waals surface area contributed by atoms with Gasteiger partial charge in [-0.3, -0.25) is 0 Å². The molecule has 1 fully saturated rings. The van der Waals surface area contributed by atoms with Crippen LogP contribution in [0.15, 0.2) is 85.0 Å². The van der Waals surface area contributed by atoms with Crippen molar-refractivity contribution in [2.24, 2.45) is 0 Å². The van der Waals surface area contributed by atoms with Crippen molar-refractivity contribution in [3.8, 4) is 12.3 Å². The van der Waals surface area contributed by atoms with E-state index < -0.39 is 14.1 Å². The lowest BCUT2D eigenvalue weighted by atomic mass is 10.1. The van der Waals surface area contributed by atoms with Crippen molar-refractivity contribution in [3.63, 3.8) is 0 Å². The molecule has 1 aliphatic heterocycles. The Kier molecular flexibility index (Phi) is 9.32. The van der Waals surface area contributed by atoms with Gasteiger partial charge in [0.15, 0.2) is 5.79 Å². The Morgan fingerprint density at radius 3 is 1.89 bits per heavy atom. The fourth-order valence-corrected chi connectivity index (χ4v) is 9.55.